The molecule has 0 bridgehead atoms. The van der Waals surface area contributed by atoms with Gasteiger partial charge in [-0.2, -0.15) is 0 Å². The summed E-state index contributed by atoms with van der Waals surface area (Å²) in [5.41, 5.74) is 0.819. The summed E-state index contributed by atoms with van der Waals surface area (Å²) >= 11 is 0. The van der Waals surface area contributed by atoms with E-state index in [1.54, 1.807) is 0 Å². The fourth-order valence-corrected chi connectivity index (χ4v) is 4.81. The first kappa shape index (κ1) is 20.1. The molecule has 0 saturated carbocycles. The maximum atomic E-state index is 13.2. The lowest BCUT2D eigenvalue weighted by molar-refractivity contribution is 0.0508. The lowest BCUT2D eigenvalue weighted by atomic mass is 9.86. The number of hydrogen-bond acceptors (Lipinski definition) is 5. The number of carbonyl (C=O) groups excluding carboxylic acids is 1. The lowest BCUT2D eigenvalue weighted by Crippen LogP contribution is -2.47. The van der Waals surface area contributed by atoms with E-state index in [4.69, 9.17) is 4.42 Å². The largest absolute Gasteiger partial charge is 0.424 e. The number of nitrogens with zero attached hydrogens (tertiary/aromatic N) is 4. The van der Waals surface area contributed by atoms with E-state index >= 15 is 0 Å². The zero-order valence-corrected chi connectivity index (χ0v) is 17.4. The van der Waals surface area contributed by atoms with Crippen molar-refractivity contribution in [2.24, 2.45) is 5.92 Å². The first-order valence-corrected chi connectivity index (χ1v) is 11.1. The Labute approximate surface area is 173 Å². The Morgan fingerprint density at radius 1 is 1.00 bits per heavy atom. The van der Waals surface area contributed by atoms with Crippen LogP contribution in [0.1, 0.15) is 67.6 Å². The fourth-order valence-electron chi connectivity index (χ4n) is 4.81. The van der Waals surface area contributed by atoms with Crippen LogP contribution in [0.2, 0.25) is 0 Å². The van der Waals surface area contributed by atoms with Crippen molar-refractivity contribution in [1.82, 2.24) is 20.0 Å². The highest BCUT2D eigenvalue weighted by Crippen LogP contribution is 2.31. The molecule has 0 spiro atoms. The average molecular weight is 397 g/mol. The first-order chi connectivity index (χ1) is 14.2. The van der Waals surface area contributed by atoms with Crippen molar-refractivity contribution in [3.63, 3.8) is 0 Å². The number of amides is 1. The summed E-state index contributed by atoms with van der Waals surface area (Å²) in [5.74, 6) is 2.21. The smallest absolute Gasteiger partial charge is 0.254 e. The van der Waals surface area contributed by atoms with Gasteiger partial charge in [0.1, 0.15) is 0 Å². The molecule has 1 atom stereocenters. The molecule has 2 aromatic rings. The minimum absolute atomic E-state index is 0.206. The normalized spacial score (nSPS) is 21.8. The second-order valence-electron chi connectivity index (χ2n) is 8.34. The van der Waals surface area contributed by atoms with Crippen LogP contribution in [0.4, 0.5) is 0 Å². The van der Waals surface area contributed by atoms with Crippen LogP contribution in [-0.4, -0.2) is 51.6 Å². The van der Waals surface area contributed by atoms with E-state index in [0.29, 0.717) is 17.9 Å². The number of likely N-dealkylation sites (tertiary alicyclic amines) is 2. The lowest BCUT2D eigenvalue weighted by Gasteiger charge is -2.40. The van der Waals surface area contributed by atoms with Crippen molar-refractivity contribution in [1.29, 1.82) is 0 Å². The van der Waals surface area contributed by atoms with Gasteiger partial charge < -0.3 is 9.32 Å². The van der Waals surface area contributed by atoms with Crippen molar-refractivity contribution in [2.45, 2.75) is 64.5 Å². The average Bonchev–Trinajstić information content (AvgIpc) is 3.08. The van der Waals surface area contributed by atoms with Gasteiger partial charge in [-0.05, 0) is 56.8 Å². The molecule has 4 rings (SSSR count). The maximum Gasteiger partial charge on any atom is 0.254 e. The third kappa shape index (κ3) is 4.86. The summed E-state index contributed by atoms with van der Waals surface area (Å²) in [6.45, 7) is 5.70. The maximum absolute atomic E-state index is 13.2. The molecule has 1 unspecified atom stereocenters. The summed E-state index contributed by atoms with van der Waals surface area (Å²) in [6, 6.07) is 10.1. The first-order valence-electron chi connectivity index (χ1n) is 11.1. The highest BCUT2D eigenvalue weighted by Gasteiger charge is 2.34. The SMILES string of the molecule is CCc1nnc(CN2CCC(C3CCCCCN3C(=O)c3ccccc3)CC2)o1. The van der Waals surface area contributed by atoms with Gasteiger partial charge in [-0.25, -0.2) is 0 Å². The number of aryl methyl sites for hydroxylation is 1. The molecular formula is C23H32N4O2. The van der Waals surface area contributed by atoms with Crippen LogP contribution in [0.25, 0.3) is 0 Å². The van der Waals surface area contributed by atoms with E-state index in [1.807, 2.05) is 37.3 Å². The van der Waals surface area contributed by atoms with Crippen LogP contribution in [0.5, 0.6) is 0 Å². The quantitative estimate of drug-likeness (QED) is 0.766. The van der Waals surface area contributed by atoms with Crippen molar-refractivity contribution < 1.29 is 9.21 Å². The van der Waals surface area contributed by atoms with Crippen LogP contribution in [0.15, 0.2) is 34.7 Å². The van der Waals surface area contributed by atoms with Gasteiger partial charge in [0.15, 0.2) is 0 Å². The van der Waals surface area contributed by atoms with Gasteiger partial charge in [-0.15, -0.1) is 10.2 Å². The molecule has 2 saturated heterocycles. The van der Waals surface area contributed by atoms with Crippen LogP contribution < -0.4 is 0 Å². The Bertz CT molecular complexity index is 783. The molecule has 2 fully saturated rings. The third-order valence-electron chi connectivity index (χ3n) is 6.43. The Morgan fingerprint density at radius 2 is 1.76 bits per heavy atom. The Balaban J connectivity index is 1.39. The van der Waals surface area contributed by atoms with Gasteiger partial charge in [-0.3, -0.25) is 9.69 Å². The molecule has 3 heterocycles. The predicted octanol–water partition coefficient (Wildman–Crippen LogP) is 3.93. The zero-order chi connectivity index (χ0) is 20.1. The monoisotopic (exact) mass is 396 g/mol. The van der Waals surface area contributed by atoms with E-state index in [0.717, 1.165) is 69.7 Å². The highest BCUT2D eigenvalue weighted by atomic mass is 16.4. The van der Waals surface area contributed by atoms with Crippen LogP contribution in [0.3, 0.4) is 0 Å². The standard InChI is InChI=1S/C23H32N4O2/c1-2-21-24-25-22(29-21)17-26-15-12-18(13-16-26)20-11-7-4-8-14-27(20)23(28)19-9-5-3-6-10-19/h3,5-6,9-10,18,20H,2,4,7-8,11-17H2,1H3. The molecule has 0 radical (unpaired) electrons. The minimum Gasteiger partial charge on any atom is -0.424 e. The van der Waals surface area contributed by atoms with Gasteiger partial charge in [-0.1, -0.05) is 38.0 Å². The summed E-state index contributed by atoms with van der Waals surface area (Å²) in [5, 5.41) is 8.23. The van der Waals surface area contributed by atoms with Crippen molar-refractivity contribution in [3.8, 4) is 0 Å². The summed E-state index contributed by atoms with van der Waals surface area (Å²) < 4.78 is 5.68. The second-order valence-corrected chi connectivity index (χ2v) is 8.34. The van der Waals surface area contributed by atoms with Gasteiger partial charge >= 0.3 is 0 Å². The van der Waals surface area contributed by atoms with Gasteiger partial charge in [0.25, 0.3) is 5.91 Å². The molecule has 2 aliphatic heterocycles. The van der Waals surface area contributed by atoms with Crippen LogP contribution >= 0.6 is 0 Å². The Kier molecular flexibility index (Phi) is 6.60. The molecule has 0 aliphatic carbocycles. The molecule has 1 amide bonds. The number of aromatic nitrogens is 2. The molecule has 6 nitrogen and oxygen atoms in total. The van der Waals surface area contributed by atoms with Gasteiger partial charge in [0.05, 0.1) is 6.54 Å². The molecular weight excluding hydrogens is 364 g/mol. The molecule has 1 aromatic heterocycles. The van der Waals surface area contributed by atoms with Gasteiger partial charge in [0.2, 0.25) is 11.8 Å². The predicted molar refractivity (Wildman–Crippen MR) is 111 cm³/mol. The zero-order valence-electron chi connectivity index (χ0n) is 17.4. The minimum atomic E-state index is 0.206. The molecule has 29 heavy (non-hydrogen) atoms. The summed E-state index contributed by atoms with van der Waals surface area (Å²) in [4.78, 5) is 17.8. The summed E-state index contributed by atoms with van der Waals surface area (Å²) in [6.07, 6.45) is 7.73. The van der Waals surface area contributed by atoms with E-state index in [9.17, 15) is 4.79 Å². The number of hydrogen-bond donors (Lipinski definition) is 0. The Hall–Kier alpha value is -2.21. The van der Waals surface area contributed by atoms with Crippen molar-refractivity contribution in [3.05, 3.63) is 47.7 Å². The van der Waals surface area contributed by atoms with Crippen molar-refractivity contribution in [2.75, 3.05) is 19.6 Å². The van der Waals surface area contributed by atoms with E-state index in [1.165, 1.54) is 12.8 Å². The van der Waals surface area contributed by atoms with E-state index < -0.39 is 0 Å². The molecule has 6 heteroatoms. The molecule has 2 aliphatic rings. The molecule has 0 N–H and O–H groups in total. The van der Waals surface area contributed by atoms with Gasteiger partial charge in [0, 0.05) is 24.6 Å². The van der Waals surface area contributed by atoms with E-state index in [2.05, 4.69) is 20.0 Å². The van der Waals surface area contributed by atoms with Crippen LogP contribution in [-0.2, 0) is 13.0 Å². The fraction of sp³-hybridized carbons (Fsp3) is 0.609. The second kappa shape index (κ2) is 9.53. The van der Waals surface area contributed by atoms with E-state index in [-0.39, 0.29) is 5.91 Å². The topological polar surface area (TPSA) is 62.5 Å². The Morgan fingerprint density at radius 3 is 2.48 bits per heavy atom. The number of carbonyl (C=O) groups is 1. The number of rotatable bonds is 5. The van der Waals surface area contributed by atoms with Crippen molar-refractivity contribution >= 4 is 5.91 Å². The number of piperidine rings is 1. The highest BCUT2D eigenvalue weighted by molar-refractivity contribution is 5.94. The number of benzene rings is 1. The van der Waals surface area contributed by atoms with Crippen LogP contribution in [0, 0.1) is 5.92 Å². The molecule has 156 valence electrons. The third-order valence-corrected chi connectivity index (χ3v) is 6.43. The molecule has 1 aromatic carbocycles. The summed E-state index contributed by atoms with van der Waals surface area (Å²) in [7, 11) is 0.